The Bertz CT molecular complexity index is 1790. The number of non-ortho nitro benzene ring substituents is 1. The van der Waals surface area contributed by atoms with Gasteiger partial charge in [0.15, 0.2) is 16.3 Å². The number of benzene rings is 2. The average molecular weight is 608 g/mol. The Morgan fingerprint density at radius 2 is 1.84 bits per heavy atom. The topological polar surface area (TPSA) is 129 Å². The molecule has 13 heteroatoms. The number of rotatable bonds is 8. The van der Waals surface area contributed by atoms with Gasteiger partial charge in [0.05, 0.1) is 47.6 Å². The minimum Gasteiger partial charge on any atom is -0.493 e. The molecule has 0 radical (unpaired) electrons. The number of allylic oxidation sites excluding steroid dienone is 1. The average Bonchev–Trinajstić information content (AvgIpc) is 3.30. The molecule has 12 nitrogen and oxygen atoms in total. The lowest BCUT2D eigenvalue weighted by Gasteiger charge is -2.34. The molecule has 1 fully saturated rings. The number of piperazine rings is 1. The van der Waals surface area contributed by atoms with Crippen LogP contribution in [0.4, 0.5) is 11.4 Å². The van der Waals surface area contributed by atoms with Crippen molar-refractivity contribution in [1.29, 1.82) is 0 Å². The van der Waals surface area contributed by atoms with Gasteiger partial charge in [0.1, 0.15) is 0 Å². The van der Waals surface area contributed by atoms with E-state index >= 15 is 0 Å². The molecule has 0 N–H and O–H groups in total. The molecule has 2 aliphatic heterocycles. The summed E-state index contributed by atoms with van der Waals surface area (Å²) in [5.41, 5.74) is 2.20. The maximum atomic E-state index is 14.2. The summed E-state index contributed by atoms with van der Waals surface area (Å²) in [6.07, 6.45) is 1.68. The van der Waals surface area contributed by atoms with Crippen LogP contribution in [0.2, 0.25) is 0 Å². The van der Waals surface area contributed by atoms with Crippen LogP contribution in [-0.2, 0) is 9.53 Å². The Labute approximate surface area is 251 Å². The van der Waals surface area contributed by atoms with E-state index in [-0.39, 0.29) is 23.4 Å². The lowest BCUT2D eigenvalue weighted by atomic mass is 9.95. The van der Waals surface area contributed by atoms with Crippen LogP contribution in [0.1, 0.15) is 31.0 Å². The second-order valence-corrected chi connectivity index (χ2v) is 11.2. The highest BCUT2D eigenvalue weighted by atomic mass is 32.1. The van der Waals surface area contributed by atoms with Gasteiger partial charge < -0.3 is 24.0 Å². The molecule has 3 heterocycles. The van der Waals surface area contributed by atoms with E-state index in [0.717, 1.165) is 43.2 Å². The largest absolute Gasteiger partial charge is 0.493 e. The van der Waals surface area contributed by atoms with Crippen molar-refractivity contribution in [3.63, 3.8) is 0 Å². The molecule has 0 amide bonds. The normalized spacial score (nSPS) is 17.4. The van der Waals surface area contributed by atoms with Gasteiger partial charge in [0.2, 0.25) is 0 Å². The number of fused-ring (bicyclic) bond motifs is 1. The van der Waals surface area contributed by atoms with Gasteiger partial charge in [-0.1, -0.05) is 17.4 Å². The summed E-state index contributed by atoms with van der Waals surface area (Å²) in [7, 11) is 5.09. The highest BCUT2D eigenvalue weighted by Gasteiger charge is 2.34. The smallest absolute Gasteiger partial charge is 0.338 e. The van der Waals surface area contributed by atoms with Gasteiger partial charge in [-0.2, -0.15) is 0 Å². The Morgan fingerprint density at radius 1 is 1.12 bits per heavy atom. The van der Waals surface area contributed by atoms with Crippen molar-refractivity contribution in [1.82, 2.24) is 9.47 Å². The zero-order chi connectivity index (χ0) is 30.8. The second-order valence-electron chi connectivity index (χ2n) is 10.2. The Balaban J connectivity index is 1.72. The van der Waals surface area contributed by atoms with Crippen LogP contribution in [0.15, 0.2) is 57.5 Å². The number of nitrogens with zero attached hydrogens (tertiary/aromatic N) is 5. The van der Waals surface area contributed by atoms with E-state index in [1.54, 1.807) is 44.2 Å². The van der Waals surface area contributed by atoms with Crippen molar-refractivity contribution < 1.29 is 23.9 Å². The molecule has 0 spiro atoms. The van der Waals surface area contributed by atoms with Crippen molar-refractivity contribution in [3.05, 3.63) is 88.6 Å². The van der Waals surface area contributed by atoms with Crippen molar-refractivity contribution in [2.75, 3.05) is 59.0 Å². The Hall–Kier alpha value is -4.49. The van der Waals surface area contributed by atoms with Crippen molar-refractivity contribution in [3.8, 4) is 11.5 Å². The SMILES string of the molecule is CCOC(=O)C1=C(C)N=c2s/c(=C/c3cc([N+](=O)[O-])ccc3N3CCN(C)CC3)c(=O)n2C1c1ccc(OC)c(OC)c1. The number of nitro groups is 1. The number of aromatic nitrogens is 1. The summed E-state index contributed by atoms with van der Waals surface area (Å²) in [4.78, 5) is 48.0. The number of likely N-dealkylation sites (N-methyl/N-ethyl adjacent to an activating group) is 1. The number of nitro benzene ring substituents is 1. The maximum Gasteiger partial charge on any atom is 0.338 e. The number of hydrogen-bond acceptors (Lipinski definition) is 11. The molecule has 1 aromatic heterocycles. The molecule has 0 saturated carbocycles. The summed E-state index contributed by atoms with van der Waals surface area (Å²) in [6.45, 7) is 6.77. The lowest BCUT2D eigenvalue weighted by Crippen LogP contribution is -2.44. The molecular weight excluding hydrogens is 574 g/mol. The first kappa shape index (κ1) is 30.0. The molecule has 0 aliphatic carbocycles. The van der Waals surface area contributed by atoms with E-state index in [1.807, 2.05) is 0 Å². The van der Waals surface area contributed by atoms with Gasteiger partial charge in [0.25, 0.3) is 11.2 Å². The van der Waals surface area contributed by atoms with E-state index in [4.69, 9.17) is 14.2 Å². The van der Waals surface area contributed by atoms with Crippen LogP contribution < -0.4 is 29.3 Å². The van der Waals surface area contributed by atoms with Gasteiger partial charge in [-0.3, -0.25) is 19.5 Å². The zero-order valence-corrected chi connectivity index (χ0v) is 25.5. The van der Waals surface area contributed by atoms with Gasteiger partial charge in [-0.05, 0) is 50.7 Å². The number of hydrogen-bond donors (Lipinski definition) is 0. The first-order valence-corrected chi connectivity index (χ1v) is 14.6. The first-order chi connectivity index (χ1) is 20.7. The number of carbonyl (C=O) groups is 1. The molecule has 3 aromatic rings. The van der Waals surface area contributed by atoms with Crippen molar-refractivity contribution in [2.45, 2.75) is 19.9 Å². The third-order valence-corrected chi connectivity index (χ3v) is 8.58. The molecule has 2 aromatic carbocycles. The number of esters is 1. The molecule has 0 bridgehead atoms. The third kappa shape index (κ3) is 5.77. The number of methoxy groups -OCH3 is 2. The van der Waals surface area contributed by atoms with Crippen molar-refractivity contribution >= 4 is 34.8 Å². The van der Waals surface area contributed by atoms with Crippen LogP contribution in [0.5, 0.6) is 11.5 Å². The van der Waals surface area contributed by atoms with E-state index in [9.17, 15) is 19.7 Å². The summed E-state index contributed by atoms with van der Waals surface area (Å²) in [5.74, 6) is 0.362. The maximum absolute atomic E-state index is 14.2. The Kier molecular flexibility index (Phi) is 8.64. The fourth-order valence-electron chi connectivity index (χ4n) is 5.38. The fourth-order valence-corrected chi connectivity index (χ4v) is 6.41. The van der Waals surface area contributed by atoms with Crippen LogP contribution in [0, 0.1) is 10.1 Å². The van der Waals surface area contributed by atoms with Crippen molar-refractivity contribution in [2.24, 2.45) is 4.99 Å². The molecular formula is C30H33N5O7S. The highest BCUT2D eigenvalue weighted by molar-refractivity contribution is 7.07. The molecule has 1 atom stereocenters. The van der Waals surface area contributed by atoms with Gasteiger partial charge in [-0.15, -0.1) is 0 Å². The van der Waals surface area contributed by atoms with Crippen LogP contribution in [0.25, 0.3) is 6.08 Å². The zero-order valence-electron chi connectivity index (χ0n) is 24.7. The number of carbonyl (C=O) groups excluding carboxylic acids is 1. The lowest BCUT2D eigenvalue weighted by molar-refractivity contribution is -0.384. The third-order valence-electron chi connectivity index (χ3n) is 7.59. The predicted molar refractivity (Wildman–Crippen MR) is 163 cm³/mol. The number of ether oxygens (including phenoxy) is 3. The molecule has 5 rings (SSSR count). The van der Waals surface area contributed by atoms with E-state index in [2.05, 4.69) is 21.8 Å². The number of thiazole rings is 1. The molecule has 1 unspecified atom stereocenters. The standard InChI is InChI=1S/C30H33N5O7S/c1-6-42-29(37)26-18(2)31-30-34(27(26)19-7-10-23(40-4)24(16-19)41-5)28(36)25(43-30)17-20-15-21(35(38)39)8-9-22(20)33-13-11-32(3)12-14-33/h7-10,15-17,27H,6,11-14H2,1-5H3/b25-17+. The first-order valence-electron chi connectivity index (χ1n) is 13.8. The van der Waals surface area contributed by atoms with E-state index < -0.39 is 16.9 Å². The minimum atomic E-state index is -0.848. The monoisotopic (exact) mass is 607 g/mol. The molecule has 2 aliphatic rings. The molecule has 226 valence electrons. The fraction of sp³-hybridized carbons (Fsp3) is 0.367. The summed E-state index contributed by atoms with van der Waals surface area (Å²) >= 11 is 1.16. The van der Waals surface area contributed by atoms with Crippen LogP contribution >= 0.6 is 11.3 Å². The van der Waals surface area contributed by atoms with Gasteiger partial charge >= 0.3 is 5.97 Å². The molecule has 43 heavy (non-hydrogen) atoms. The number of anilines is 1. The highest BCUT2D eigenvalue weighted by Crippen LogP contribution is 2.36. The van der Waals surface area contributed by atoms with E-state index in [1.165, 1.54) is 30.9 Å². The summed E-state index contributed by atoms with van der Waals surface area (Å²) in [5, 5.41) is 11.7. The predicted octanol–water partition coefficient (Wildman–Crippen LogP) is 2.48. The second kappa shape index (κ2) is 12.4. The van der Waals surface area contributed by atoms with Gasteiger partial charge in [0, 0.05) is 49.6 Å². The van der Waals surface area contributed by atoms with Crippen LogP contribution in [-0.4, -0.2) is 74.4 Å². The van der Waals surface area contributed by atoms with Gasteiger partial charge in [-0.25, -0.2) is 9.79 Å². The summed E-state index contributed by atoms with van der Waals surface area (Å²) < 4.78 is 18.1. The summed E-state index contributed by atoms with van der Waals surface area (Å²) in [6, 6.07) is 9.08. The minimum absolute atomic E-state index is 0.0689. The quantitative estimate of drug-likeness (QED) is 0.216. The Morgan fingerprint density at radius 3 is 2.49 bits per heavy atom. The van der Waals surface area contributed by atoms with Crippen LogP contribution in [0.3, 0.4) is 0 Å². The molecule has 1 saturated heterocycles. The van der Waals surface area contributed by atoms with E-state index in [0.29, 0.717) is 37.7 Å².